The van der Waals surface area contributed by atoms with E-state index in [1.54, 1.807) is 0 Å². The minimum Gasteiger partial charge on any atom is -0.394 e. The Kier molecular flexibility index (Phi) is 12.4. The highest BCUT2D eigenvalue weighted by Crippen LogP contribution is 2.68. The van der Waals surface area contributed by atoms with Crippen molar-refractivity contribution in [3.05, 3.63) is 0 Å². The normalized spacial score (nSPS) is 51.5. The average molecular weight is 713 g/mol. The van der Waals surface area contributed by atoms with Gasteiger partial charge in [0.1, 0.15) is 48.8 Å². The van der Waals surface area contributed by atoms with Gasteiger partial charge in [0.15, 0.2) is 12.6 Å². The van der Waals surface area contributed by atoms with Crippen LogP contribution in [-0.2, 0) is 18.9 Å². The molecule has 6 rings (SSSR count). The fraction of sp³-hybridized carbons (Fsp3) is 1.00. The van der Waals surface area contributed by atoms with Gasteiger partial charge in [-0.25, -0.2) is 0 Å². The van der Waals surface area contributed by atoms with Gasteiger partial charge in [-0.05, 0) is 110 Å². The first-order valence-electron chi connectivity index (χ1n) is 20.0. The Hall–Kier alpha value is -0.440. The van der Waals surface area contributed by atoms with E-state index in [9.17, 15) is 35.7 Å². The van der Waals surface area contributed by atoms with E-state index in [1.165, 1.54) is 57.8 Å². The molecule has 11 nitrogen and oxygen atoms in total. The number of aliphatic hydroxyl groups is 7. The lowest BCUT2D eigenvalue weighted by Gasteiger charge is -2.61. The Bertz CT molecular complexity index is 1110. The molecule has 7 N–H and O–H groups in total. The van der Waals surface area contributed by atoms with E-state index in [4.69, 9.17) is 18.9 Å². The summed E-state index contributed by atoms with van der Waals surface area (Å²) in [6.45, 7) is 11.2. The molecule has 6 fully saturated rings. The van der Waals surface area contributed by atoms with Crippen LogP contribution in [0.5, 0.6) is 0 Å². The lowest BCUT2D eigenvalue weighted by molar-refractivity contribution is -0.364. The van der Waals surface area contributed by atoms with Crippen LogP contribution >= 0.6 is 0 Å². The van der Waals surface area contributed by atoms with Crippen LogP contribution in [0.4, 0.5) is 0 Å². The molecule has 0 aromatic rings. The Morgan fingerprint density at radius 2 is 1.30 bits per heavy atom. The summed E-state index contributed by atoms with van der Waals surface area (Å²) in [6, 6.07) is 0. The first-order chi connectivity index (χ1) is 23.7. The van der Waals surface area contributed by atoms with E-state index in [0.717, 1.165) is 54.8 Å². The summed E-state index contributed by atoms with van der Waals surface area (Å²) in [6.07, 6.45) is 0.133. The molecule has 19 atom stereocenters. The van der Waals surface area contributed by atoms with E-state index < -0.39 is 74.6 Å². The first kappa shape index (κ1) is 39.3. The lowest BCUT2D eigenvalue weighted by atomic mass is 9.44. The third-order valence-electron chi connectivity index (χ3n) is 15.1. The van der Waals surface area contributed by atoms with E-state index >= 15 is 0 Å². The van der Waals surface area contributed by atoms with E-state index in [-0.39, 0.29) is 11.5 Å². The van der Waals surface area contributed by atoms with Crippen LogP contribution in [0.3, 0.4) is 0 Å². The Labute approximate surface area is 299 Å². The standard InChI is InChI=1S/C39H68O11/c1-20(2)7-6-8-21(3)25-11-12-26-24-10-9-22-17-23(13-15-38(22,4)27(24)14-16-39(25,26)5)47-36-34(46)32(44)35(29(19-41)49-36)50-37-33(45)31(43)30(42)28(18-40)48-37/h20-37,40-46H,6-19H2,1-5H3/t21-,22+,23+,24?,25-,26?,27?,28-,29-,30-,31+,32-,33-,34-,35-,36-,37-,38+,39-/m1/s1. The largest absolute Gasteiger partial charge is 0.394 e. The molecule has 4 aliphatic carbocycles. The highest BCUT2D eigenvalue weighted by atomic mass is 16.7. The Balaban J connectivity index is 1.05. The van der Waals surface area contributed by atoms with Gasteiger partial charge < -0.3 is 54.7 Å². The number of hydrogen-bond acceptors (Lipinski definition) is 11. The predicted octanol–water partition coefficient (Wildman–Crippen LogP) is 3.12. The Morgan fingerprint density at radius 1 is 0.660 bits per heavy atom. The number of aliphatic hydroxyl groups excluding tert-OH is 7. The van der Waals surface area contributed by atoms with Crippen molar-refractivity contribution in [1.82, 2.24) is 0 Å². The summed E-state index contributed by atoms with van der Waals surface area (Å²) in [5.74, 6) is 5.29. The van der Waals surface area contributed by atoms with Crippen molar-refractivity contribution >= 4 is 0 Å². The maximum absolute atomic E-state index is 11.1. The molecule has 0 spiro atoms. The van der Waals surface area contributed by atoms with E-state index in [1.807, 2.05) is 0 Å². The molecule has 0 aromatic carbocycles. The fourth-order valence-electron chi connectivity index (χ4n) is 12.2. The highest BCUT2D eigenvalue weighted by molar-refractivity contribution is 5.10. The summed E-state index contributed by atoms with van der Waals surface area (Å²) in [7, 11) is 0. The molecule has 4 saturated carbocycles. The molecule has 6 aliphatic rings. The SMILES string of the molecule is CC(C)CCC[C@@H](C)[C@H]1CCC2C3CC[C@H]4C[C@@H](O[C@@H]5O[C@H](CO)[C@@H](O[C@H]6O[C@H](CO)[C@@H](O)[C@H](O)[C@H]6O)[C@H](O)[C@H]5O)CC[C@]4(C)C3CC[C@@]21C. The molecule has 2 aliphatic heterocycles. The first-order valence-corrected chi connectivity index (χ1v) is 20.0. The van der Waals surface area contributed by atoms with Gasteiger partial charge in [0, 0.05) is 0 Å². The van der Waals surface area contributed by atoms with Crippen LogP contribution in [0, 0.1) is 52.3 Å². The lowest BCUT2D eigenvalue weighted by Crippen LogP contribution is -2.65. The second-order valence-electron chi connectivity index (χ2n) is 18.2. The second kappa shape index (κ2) is 15.7. The smallest absolute Gasteiger partial charge is 0.187 e. The fourth-order valence-corrected chi connectivity index (χ4v) is 12.2. The summed E-state index contributed by atoms with van der Waals surface area (Å²) in [5.41, 5.74) is 0.722. The van der Waals surface area contributed by atoms with Gasteiger partial charge in [-0.3, -0.25) is 0 Å². The number of fused-ring (bicyclic) bond motifs is 5. The van der Waals surface area contributed by atoms with Gasteiger partial charge in [0.25, 0.3) is 0 Å². The van der Waals surface area contributed by atoms with Crippen molar-refractivity contribution in [3.8, 4) is 0 Å². The van der Waals surface area contributed by atoms with Crippen molar-refractivity contribution < 1.29 is 54.7 Å². The zero-order chi connectivity index (χ0) is 36.1. The highest BCUT2D eigenvalue weighted by Gasteiger charge is 2.61. The molecule has 290 valence electrons. The third kappa shape index (κ3) is 7.21. The van der Waals surface area contributed by atoms with Gasteiger partial charge in [0.05, 0.1) is 19.3 Å². The maximum atomic E-state index is 11.1. The molecule has 0 radical (unpaired) electrons. The van der Waals surface area contributed by atoms with Crippen LogP contribution in [0.25, 0.3) is 0 Å². The molecule has 0 aromatic heterocycles. The Morgan fingerprint density at radius 3 is 2.00 bits per heavy atom. The van der Waals surface area contributed by atoms with Crippen LogP contribution in [0.15, 0.2) is 0 Å². The van der Waals surface area contributed by atoms with Crippen LogP contribution in [0.1, 0.15) is 112 Å². The topological polar surface area (TPSA) is 179 Å². The molecular weight excluding hydrogens is 644 g/mol. The van der Waals surface area contributed by atoms with Crippen molar-refractivity contribution in [2.45, 2.75) is 179 Å². The maximum Gasteiger partial charge on any atom is 0.187 e. The zero-order valence-electron chi connectivity index (χ0n) is 31.1. The monoisotopic (exact) mass is 712 g/mol. The molecule has 50 heavy (non-hydrogen) atoms. The summed E-state index contributed by atoms with van der Waals surface area (Å²) in [5, 5.41) is 72.7. The number of ether oxygens (including phenoxy) is 4. The van der Waals surface area contributed by atoms with E-state index in [2.05, 4.69) is 34.6 Å². The summed E-state index contributed by atoms with van der Waals surface area (Å²) >= 11 is 0. The second-order valence-corrected chi connectivity index (χ2v) is 18.2. The molecule has 0 bridgehead atoms. The minimum absolute atomic E-state index is 0.157. The van der Waals surface area contributed by atoms with Gasteiger partial charge >= 0.3 is 0 Å². The van der Waals surface area contributed by atoms with Crippen molar-refractivity contribution in [2.24, 2.45) is 52.3 Å². The quantitative estimate of drug-likeness (QED) is 0.157. The molecule has 0 amide bonds. The van der Waals surface area contributed by atoms with Gasteiger partial charge in [-0.1, -0.05) is 53.9 Å². The molecule has 11 heteroatoms. The minimum atomic E-state index is -1.70. The summed E-state index contributed by atoms with van der Waals surface area (Å²) < 4.78 is 23.5. The van der Waals surface area contributed by atoms with Crippen molar-refractivity contribution in [3.63, 3.8) is 0 Å². The molecule has 2 heterocycles. The van der Waals surface area contributed by atoms with E-state index in [0.29, 0.717) is 11.3 Å². The van der Waals surface area contributed by atoms with Gasteiger partial charge in [0.2, 0.25) is 0 Å². The predicted molar refractivity (Wildman–Crippen MR) is 184 cm³/mol. The third-order valence-corrected chi connectivity index (χ3v) is 15.1. The average Bonchev–Trinajstić information content (AvgIpc) is 3.45. The number of hydrogen-bond donors (Lipinski definition) is 7. The van der Waals surface area contributed by atoms with Crippen LogP contribution in [0.2, 0.25) is 0 Å². The number of rotatable bonds is 11. The molecule has 3 unspecified atom stereocenters. The van der Waals surface area contributed by atoms with Gasteiger partial charge in [-0.15, -0.1) is 0 Å². The van der Waals surface area contributed by atoms with Gasteiger partial charge in [-0.2, -0.15) is 0 Å². The van der Waals surface area contributed by atoms with Crippen LogP contribution < -0.4 is 0 Å². The van der Waals surface area contributed by atoms with Crippen molar-refractivity contribution in [1.29, 1.82) is 0 Å². The molecular formula is C39H68O11. The zero-order valence-corrected chi connectivity index (χ0v) is 31.1. The van der Waals surface area contributed by atoms with Crippen molar-refractivity contribution in [2.75, 3.05) is 13.2 Å². The summed E-state index contributed by atoms with van der Waals surface area (Å²) in [4.78, 5) is 0. The molecule has 2 saturated heterocycles. The van der Waals surface area contributed by atoms with Crippen LogP contribution in [-0.4, -0.2) is 116 Å².